The number of hydrogen-bond donors (Lipinski definition) is 0. The second kappa shape index (κ2) is 9.39. The van der Waals surface area contributed by atoms with Crippen LogP contribution in [0.4, 0.5) is 0 Å². The SMILES string of the molecule is CCC1=C2c3c(-c4ccccc4)cccc3[CH]1[Zr]([CH3])([CH3])[CH]1C(CC)=C(c3c(-c4ccccc4)cccc31)C2(C)C. The van der Waals surface area contributed by atoms with Crippen molar-refractivity contribution in [2.75, 3.05) is 0 Å². The standard InChI is InChI=1S/C37H34.2CH3.Zr/c1-5-25-23-29-19-13-21-31(27-15-9-7-10-16-27)33(29)35(25)37(3,4)36-26(6-2)24-30-20-14-22-32(34(30)36)28-17-11-8-12-18-28;;;/h7-24H,5-6H2,1-4H3;2*1H3;. The summed E-state index contributed by atoms with van der Waals surface area (Å²) in [6, 6.07) is 36.7. The minimum absolute atomic E-state index is 0.0954. The van der Waals surface area contributed by atoms with Gasteiger partial charge in [-0.2, -0.15) is 0 Å². The summed E-state index contributed by atoms with van der Waals surface area (Å²) < 4.78 is 6.76. The van der Waals surface area contributed by atoms with Gasteiger partial charge in [-0.1, -0.05) is 0 Å². The van der Waals surface area contributed by atoms with Gasteiger partial charge in [0.25, 0.3) is 0 Å². The first-order chi connectivity index (χ1) is 19.3. The van der Waals surface area contributed by atoms with Crippen LogP contribution in [0.1, 0.15) is 70.0 Å². The van der Waals surface area contributed by atoms with Crippen molar-refractivity contribution in [3.05, 3.63) is 130 Å². The van der Waals surface area contributed by atoms with Crippen LogP contribution < -0.4 is 0 Å². The van der Waals surface area contributed by atoms with Crippen molar-refractivity contribution in [1.82, 2.24) is 0 Å². The van der Waals surface area contributed by atoms with E-state index in [-0.39, 0.29) is 5.41 Å². The van der Waals surface area contributed by atoms with E-state index in [1.165, 1.54) is 22.3 Å². The summed E-state index contributed by atoms with van der Waals surface area (Å²) in [7, 11) is 0. The molecule has 0 fully saturated rings. The van der Waals surface area contributed by atoms with E-state index in [0.29, 0.717) is 7.25 Å². The zero-order valence-corrected chi connectivity index (χ0v) is 27.3. The van der Waals surface area contributed by atoms with Gasteiger partial charge in [0.15, 0.2) is 0 Å². The molecule has 0 spiro atoms. The van der Waals surface area contributed by atoms with Crippen LogP contribution in [0, 0.1) is 5.41 Å². The Morgan fingerprint density at radius 1 is 0.550 bits per heavy atom. The van der Waals surface area contributed by atoms with Crippen molar-refractivity contribution >= 4 is 11.1 Å². The topological polar surface area (TPSA) is 0 Å². The van der Waals surface area contributed by atoms with Crippen molar-refractivity contribution in [3.63, 3.8) is 0 Å². The maximum atomic E-state index is 2.78. The van der Waals surface area contributed by atoms with Crippen molar-refractivity contribution in [2.24, 2.45) is 5.41 Å². The molecule has 0 amide bonds. The third kappa shape index (κ3) is 3.46. The van der Waals surface area contributed by atoms with E-state index in [9.17, 15) is 0 Å². The summed E-state index contributed by atoms with van der Waals surface area (Å²) in [4.78, 5) is 0. The number of fused-ring (bicyclic) bond motifs is 8. The molecule has 1 heterocycles. The summed E-state index contributed by atoms with van der Waals surface area (Å²) in [6.45, 7) is 9.96. The van der Waals surface area contributed by atoms with Crippen molar-refractivity contribution in [2.45, 2.75) is 57.1 Å². The average Bonchev–Trinajstić information content (AvgIpc) is 3.53. The van der Waals surface area contributed by atoms with Crippen LogP contribution in [0.15, 0.2) is 108 Å². The third-order valence-corrected chi connectivity index (χ3v) is 20.9. The van der Waals surface area contributed by atoms with Crippen molar-refractivity contribution in [3.8, 4) is 22.3 Å². The van der Waals surface area contributed by atoms with Gasteiger partial charge in [0, 0.05) is 0 Å². The molecule has 40 heavy (non-hydrogen) atoms. The monoisotopic (exact) mass is 598 g/mol. The quantitative estimate of drug-likeness (QED) is 0.219. The van der Waals surface area contributed by atoms with Gasteiger partial charge in [0.05, 0.1) is 0 Å². The molecule has 2 unspecified atom stereocenters. The van der Waals surface area contributed by atoms with Gasteiger partial charge < -0.3 is 0 Å². The molecule has 4 aromatic carbocycles. The number of benzene rings is 4. The van der Waals surface area contributed by atoms with Crippen LogP contribution in [0.5, 0.6) is 0 Å². The van der Waals surface area contributed by atoms with Gasteiger partial charge in [-0.3, -0.25) is 0 Å². The summed E-state index contributed by atoms with van der Waals surface area (Å²) >= 11 is -2.96. The van der Waals surface area contributed by atoms with Gasteiger partial charge >= 0.3 is 247 Å². The Hall–Kier alpha value is -2.76. The van der Waals surface area contributed by atoms with Gasteiger partial charge in [-0.25, -0.2) is 0 Å². The van der Waals surface area contributed by atoms with Crippen LogP contribution in [0.3, 0.4) is 0 Å². The second-order valence-electron chi connectivity index (χ2n) is 13.1. The van der Waals surface area contributed by atoms with Gasteiger partial charge in [0.2, 0.25) is 0 Å². The van der Waals surface area contributed by atoms with E-state index in [2.05, 4.69) is 134 Å². The van der Waals surface area contributed by atoms with Crippen LogP contribution in [0.2, 0.25) is 9.26 Å². The Morgan fingerprint density at radius 3 is 1.32 bits per heavy atom. The molecule has 7 rings (SSSR count). The van der Waals surface area contributed by atoms with E-state index in [1.807, 2.05) is 0 Å². The molecule has 0 nitrogen and oxygen atoms in total. The molecule has 200 valence electrons. The summed E-state index contributed by atoms with van der Waals surface area (Å²) in [5.74, 6) is 0. The van der Waals surface area contributed by atoms with Crippen LogP contribution >= 0.6 is 0 Å². The fraction of sp³-hybridized carbons (Fsp3) is 0.282. The zero-order chi connectivity index (χ0) is 27.8. The Bertz CT molecular complexity index is 1570. The predicted octanol–water partition coefficient (Wildman–Crippen LogP) is 11.4. The predicted molar refractivity (Wildman–Crippen MR) is 169 cm³/mol. The molecular weight excluding hydrogens is 560 g/mol. The van der Waals surface area contributed by atoms with Crippen LogP contribution in [-0.4, -0.2) is 0 Å². The number of rotatable bonds is 4. The third-order valence-electron chi connectivity index (χ3n) is 10.3. The summed E-state index contributed by atoms with van der Waals surface area (Å²) in [6.07, 6.45) is 2.27. The van der Waals surface area contributed by atoms with E-state index in [0.717, 1.165) is 12.8 Å². The Morgan fingerprint density at radius 2 is 0.950 bits per heavy atom. The summed E-state index contributed by atoms with van der Waals surface area (Å²) in [5.41, 5.74) is 18.6. The molecule has 0 radical (unpaired) electrons. The normalized spacial score (nSPS) is 21.6. The van der Waals surface area contributed by atoms with E-state index in [4.69, 9.17) is 0 Å². The maximum absolute atomic E-state index is 2.96. The average molecular weight is 600 g/mol. The first-order valence-corrected chi connectivity index (χ1v) is 22.9. The van der Waals surface area contributed by atoms with Gasteiger partial charge in [-0.15, -0.1) is 0 Å². The van der Waals surface area contributed by atoms with Crippen LogP contribution in [0.25, 0.3) is 33.4 Å². The molecule has 0 saturated heterocycles. The first kappa shape index (κ1) is 26.2. The van der Waals surface area contributed by atoms with E-state index < -0.39 is 20.3 Å². The molecular formula is C39H40Zr. The molecule has 4 aromatic rings. The Labute approximate surface area is 245 Å². The zero-order valence-electron chi connectivity index (χ0n) is 24.8. The molecule has 2 aliphatic carbocycles. The first-order valence-electron chi connectivity index (χ1n) is 15.2. The molecule has 0 saturated carbocycles. The number of hydrogen-bond acceptors (Lipinski definition) is 0. The molecule has 0 N–H and O–H groups in total. The molecule has 4 bridgehead atoms. The molecule has 2 atom stereocenters. The number of allylic oxidation sites excluding steroid dienone is 4. The van der Waals surface area contributed by atoms with Gasteiger partial charge in [0.1, 0.15) is 0 Å². The van der Waals surface area contributed by atoms with Crippen LogP contribution in [-0.2, 0) is 20.3 Å². The fourth-order valence-electron chi connectivity index (χ4n) is 9.06. The Kier molecular flexibility index (Phi) is 6.14. The molecule has 1 aliphatic heterocycles. The van der Waals surface area contributed by atoms with E-state index in [1.54, 1.807) is 44.5 Å². The Balaban J connectivity index is 1.60. The molecule has 0 aromatic heterocycles. The fourth-order valence-corrected chi connectivity index (χ4v) is 21.1. The van der Waals surface area contributed by atoms with Gasteiger partial charge in [-0.05, 0) is 0 Å². The molecule has 1 heteroatoms. The van der Waals surface area contributed by atoms with E-state index >= 15 is 0 Å². The van der Waals surface area contributed by atoms with Crippen molar-refractivity contribution in [1.29, 1.82) is 0 Å². The second-order valence-corrected chi connectivity index (χ2v) is 24.9. The van der Waals surface area contributed by atoms with Crippen molar-refractivity contribution < 1.29 is 20.3 Å². The minimum atomic E-state index is -2.96. The molecule has 3 aliphatic rings. The summed E-state index contributed by atoms with van der Waals surface area (Å²) in [5, 5.41) is 0.